The molecule has 3 aromatic heterocycles. The molecule has 5 aromatic rings. The normalized spacial score (nSPS) is 12.0. The lowest BCUT2D eigenvalue weighted by molar-refractivity contribution is 0.0946. The molecule has 37 heavy (non-hydrogen) atoms. The van der Waals surface area contributed by atoms with Crippen molar-refractivity contribution >= 4 is 29.0 Å². The molecule has 0 fully saturated rings. The third-order valence-electron chi connectivity index (χ3n) is 5.59. The molecule has 0 saturated heterocycles. The molecule has 0 unspecified atom stereocenters. The maximum absolute atomic E-state index is 12.7. The van der Waals surface area contributed by atoms with Gasteiger partial charge in [0.15, 0.2) is 22.5 Å². The molecule has 0 bridgehead atoms. The van der Waals surface area contributed by atoms with Gasteiger partial charge in [-0.05, 0) is 42.0 Å². The molecule has 2 aromatic carbocycles. The van der Waals surface area contributed by atoms with Crippen molar-refractivity contribution in [3.8, 4) is 28.6 Å². The summed E-state index contributed by atoms with van der Waals surface area (Å²) in [5.41, 5.74) is 3.20. The summed E-state index contributed by atoms with van der Waals surface area (Å²) in [5, 5.41) is 15.1. The monoisotopic (exact) mass is 528 g/mol. The number of rotatable bonds is 8. The van der Waals surface area contributed by atoms with Gasteiger partial charge in [-0.2, -0.15) is 0 Å². The summed E-state index contributed by atoms with van der Waals surface area (Å²) in [6.07, 6.45) is 3.47. The molecular formula is C26H20N6O3S2. The minimum absolute atomic E-state index is 0.220. The van der Waals surface area contributed by atoms with Gasteiger partial charge in [0.05, 0.1) is 5.75 Å². The van der Waals surface area contributed by atoms with Crippen LogP contribution in [-0.4, -0.2) is 37.4 Å². The van der Waals surface area contributed by atoms with Crippen molar-refractivity contribution in [1.82, 2.24) is 30.0 Å². The highest BCUT2D eigenvalue weighted by Gasteiger charge is 2.18. The topological polar surface area (TPSA) is 104 Å². The lowest BCUT2D eigenvalue weighted by Crippen LogP contribution is -2.23. The highest BCUT2D eigenvalue weighted by atomic mass is 32.2. The van der Waals surface area contributed by atoms with Crippen LogP contribution in [0.4, 0.5) is 0 Å². The number of fused-ring (bicyclic) bond motifs is 1. The van der Waals surface area contributed by atoms with Crippen LogP contribution in [0.15, 0.2) is 83.6 Å². The number of aromatic nitrogens is 5. The van der Waals surface area contributed by atoms with Crippen LogP contribution in [0.1, 0.15) is 21.1 Å². The van der Waals surface area contributed by atoms with E-state index in [9.17, 15) is 4.79 Å². The molecule has 1 aliphatic heterocycles. The van der Waals surface area contributed by atoms with Crippen LogP contribution < -0.4 is 14.8 Å². The van der Waals surface area contributed by atoms with Crippen molar-refractivity contribution in [2.45, 2.75) is 17.5 Å². The van der Waals surface area contributed by atoms with E-state index in [1.165, 1.54) is 23.1 Å². The summed E-state index contributed by atoms with van der Waals surface area (Å²) in [6, 6.07) is 19.4. The number of thiazole rings is 1. The van der Waals surface area contributed by atoms with E-state index in [0.29, 0.717) is 29.5 Å². The first-order chi connectivity index (χ1) is 18.2. The van der Waals surface area contributed by atoms with Crippen LogP contribution in [0.2, 0.25) is 0 Å². The molecule has 11 heteroatoms. The van der Waals surface area contributed by atoms with E-state index in [2.05, 4.69) is 25.5 Å². The number of nitrogens with zero attached hydrogens (tertiary/aromatic N) is 5. The third-order valence-corrected chi connectivity index (χ3v) is 7.56. The minimum Gasteiger partial charge on any atom is -0.454 e. The zero-order valence-corrected chi connectivity index (χ0v) is 21.0. The van der Waals surface area contributed by atoms with Crippen LogP contribution in [0.5, 0.6) is 11.5 Å². The van der Waals surface area contributed by atoms with Crippen LogP contribution in [0.3, 0.4) is 0 Å². The number of amides is 1. The number of pyridine rings is 1. The largest absolute Gasteiger partial charge is 0.454 e. The molecule has 0 radical (unpaired) electrons. The lowest BCUT2D eigenvalue weighted by atomic mass is 10.2. The van der Waals surface area contributed by atoms with Gasteiger partial charge >= 0.3 is 0 Å². The predicted octanol–water partition coefficient (Wildman–Crippen LogP) is 4.74. The average Bonchev–Trinajstić information content (AvgIpc) is 3.71. The number of carbonyl (C=O) groups is 1. The van der Waals surface area contributed by atoms with Crippen molar-refractivity contribution in [3.05, 3.63) is 94.7 Å². The summed E-state index contributed by atoms with van der Waals surface area (Å²) in [4.78, 5) is 21.3. The first-order valence-corrected chi connectivity index (χ1v) is 13.3. The Labute approximate surface area is 220 Å². The Morgan fingerprint density at radius 3 is 2.73 bits per heavy atom. The zero-order chi connectivity index (χ0) is 25.0. The van der Waals surface area contributed by atoms with Gasteiger partial charge in [-0.15, -0.1) is 21.5 Å². The molecule has 0 atom stereocenters. The van der Waals surface area contributed by atoms with E-state index >= 15 is 0 Å². The predicted molar refractivity (Wildman–Crippen MR) is 140 cm³/mol. The molecule has 0 aliphatic carbocycles. The quantitative estimate of drug-likeness (QED) is 0.288. The Bertz CT molecular complexity index is 1540. The maximum Gasteiger partial charge on any atom is 0.271 e. The van der Waals surface area contributed by atoms with Gasteiger partial charge < -0.3 is 14.8 Å². The fourth-order valence-electron chi connectivity index (χ4n) is 3.79. The Balaban J connectivity index is 1.14. The van der Waals surface area contributed by atoms with Gasteiger partial charge in [-0.3, -0.25) is 14.3 Å². The van der Waals surface area contributed by atoms with E-state index in [1.54, 1.807) is 17.8 Å². The van der Waals surface area contributed by atoms with E-state index in [-0.39, 0.29) is 12.7 Å². The smallest absolute Gasteiger partial charge is 0.271 e. The first kappa shape index (κ1) is 23.2. The van der Waals surface area contributed by atoms with Crippen molar-refractivity contribution in [1.29, 1.82) is 0 Å². The van der Waals surface area contributed by atoms with E-state index in [1.807, 2.05) is 65.2 Å². The Morgan fingerprint density at radius 2 is 1.86 bits per heavy atom. The number of ether oxygens (including phenoxy) is 2. The fraction of sp³-hybridized carbons (Fsp3) is 0.115. The van der Waals surface area contributed by atoms with Crippen molar-refractivity contribution in [2.75, 3.05) is 6.79 Å². The minimum atomic E-state index is -0.224. The maximum atomic E-state index is 12.7. The van der Waals surface area contributed by atoms with E-state index in [0.717, 1.165) is 32.8 Å². The van der Waals surface area contributed by atoms with Gasteiger partial charge in [0.2, 0.25) is 6.79 Å². The fourth-order valence-corrected chi connectivity index (χ4v) is 5.54. The second-order valence-corrected chi connectivity index (χ2v) is 9.88. The molecule has 9 nitrogen and oxygen atoms in total. The van der Waals surface area contributed by atoms with Gasteiger partial charge in [0.25, 0.3) is 5.91 Å². The summed E-state index contributed by atoms with van der Waals surface area (Å²) in [5.74, 6) is 2.47. The number of hydrogen-bond donors (Lipinski definition) is 1. The van der Waals surface area contributed by atoms with Crippen LogP contribution in [0.25, 0.3) is 17.1 Å². The van der Waals surface area contributed by atoms with Gasteiger partial charge in [0, 0.05) is 35.6 Å². The SMILES string of the molecule is O=C(NCc1ccc2c(c1)OCO2)c1csc(CSc2nnc(-c3ccncc3)n2-c2ccccc2)n1. The summed E-state index contributed by atoms with van der Waals surface area (Å²) in [6.45, 7) is 0.590. The molecule has 0 saturated carbocycles. The molecular weight excluding hydrogens is 508 g/mol. The summed E-state index contributed by atoms with van der Waals surface area (Å²) in [7, 11) is 0. The van der Waals surface area contributed by atoms with Gasteiger partial charge in [0.1, 0.15) is 10.7 Å². The number of nitrogens with one attached hydrogen (secondary N) is 1. The molecule has 184 valence electrons. The number of hydrogen-bond acceptors (Lipinski definition) is 9. The second-order valence-electron chi connectivity index (χ2n) is 8.00. The van der Waals surface area contributed by atoms with Crippen molar-refractivity contribution in [2.24, 2.45) is 0 Å². The number of thioether (sulfide) groups is 1. The first-order valence-electron chi connectivity index (χ1n) is 11.4. The van der Waals surface area contributed by atoms with Gasteiger partial charge in [-0.25, -0.2) is 4.98 Å². The Kier molecular flexibility index (Phi) is 6.53. The van der Waals surface area contributed by atoms with Gasteiger partial charge in [-0.1, -0.05) is 36.0 Å². The lowest BCUT2D eigenvalue weighted by Gasteiger charge is -2.09. The summed E-state index contributed by atoms with van der Waals surface area (Å²) >= 11 is 2.97. The van der Waals surface area contributed by atoms with Crippen LogP contribution >= 0.6 is 23.1 Å². The number of carbonyl (C=O) groups excluding carboxylic acids is 1. The van der Waals surface area contributed by atoms with Crippen molar-refractivity contribution < 1.29 is 14.3 Å². The summed E-state index contributed by atoms with van der Waals surface area (Å²) < 4.78 is 12.7. The molecule has 6 rings (SSSR count). The Morgan fingerprint density at radius 1 is 1.03 bits per heavy atom. The number of para-hydroxylation sites is 1. The average molecular weight is 529 g/mol. The van der Waals surface area contributed by atoms with Crippen LogP contribution in [0, 0.1) is 0 Å². The molecule has 0 spiro atoms. The molecule has 1 amide bonds. The second kappa shape index (κ2) is 10.4. The standard InChI is InChI=1S/C26H20N6O3S2/c33-25(28-13-17-6-7-21-22(12-17)35-16-34-21)20-14-36-23(29-20)15-37-26-31-30-24(18-8-10-27-11-9-18)32(26)19-4-2-1-3-5-19/h1-12,14H,13,15-16H2,(H,28,33). The van der Waals surface area contributed by atoms with Crippen molar-refractivity contribution in [3.63, 3.8) is 0 Å². The zero-order valence-electron chi connectivity index (χ0n) is 19.4. The molecule has 1 aliphatic rings. The highest BCUT2D eigenvalue weighted by molar-refractivity contribution is 7.98. The van der Waals surface area contributed by atoms with E-state index in [4.69, 9.17) is 9.47 Å². The Hall–Kier alpha value is -4.22. The van der Waals surface area contributed by atoms with Crippen LogP contribution in [-0.2, 0) is 12.3 Å². The third kappa shape index (κ3) is 5.04. The highest BCUT2D eigenvalue weighted by Crippen LogP contribution is 2.33. The molecule has 1 N–H and O–H groups in total. The molecule has 4 heterocycles. The number of benzene rings is 2. The van der Waals surface area contributed by atoms with E-state index < -0.39 is 0 Å².